The summed E-state index contributed by atoms with van der Waals surface area (Å²) in [5.74, 6) is 0.548. The molecule has 1 N–H and O–H groups in total. The highest BCUT2D eigenvalue weighted by Crippen LogP contribution is 2.05. The number of amides is 1. The van der Waals surface area contributed by atoms with Crippen LogP contribution in [0.25, 0.3) is 0 Å². The summed E-state index contributed by atoms with van der Waals surface area (Å²) in [6, 6.07) is 0. The van der Waals surface area contributed by atoms with Crippen LogP contribution >= 0.6 is 0 Å². The number of hydrogen-bond acceptors (Lipinski definition) is 1. The van der Waals surface area contributed by atoms with Crippen molar-refractivity contribution >= 4 is 5.91 Å². The topological polar surface area (TPSA) is 29.1 Å². The van der Waals surface area contributed by atoms with Gasteiger partial charge in [-0.1, -0.05) is 33.3 Å². The maximum atomic E-state index is 11.1. The minimum Gasteiger partial charge on any atom is -0.352 e. The molecule has 76 valence electrons. The maximum Gasteiger partial charge on any atom is 0.246 e. The summed E-state index contributed by atoms with van der Waals surface area (Å²) in [5.41, 5.74) is 0.586. The van der Waals surface area contributed by atoms with E-state index in [9.17, 15) is 4.79 Å². The Morgan fingerprint density at radius 1 is 1.54 bits per heavy atom. The van der Waals surface area contributed by atoms with Gasteiger partial charge in [-0.3, -0.25) is 4.79 Å². The van der Waals surface area contributed by atoms with Gasteiger partial charge in [0.1, 0.15) is 0 Å². The lowest BCUT2D eigenvalue weighted by Gasteiger charge is -2.11. The number of unbranched alkanes of at least 4 members (excludes halogenated alkanes) is 1. The third kappa shape index (κ3) is 6.38. The third-order valence-corrected chi connectivity index (χ3v) is 2.05. The molecule has 0 fully saturated rings. The van der Waals surface area contributed by atoms with E-state index in [0.717, 1.165) is 6.54 Å². The smallest absolute Gasteiger partial charge is 0.246 e. The summed E-state index contributed by atoms with van der Waals surface area (Å²) < 4.78 is 0. The van der Waals surface area contributed by atoms with E-state index >= 15 is 0 Å². The average molecular weight is 183 g/mol. The molecule has 0 aromatic carbocycles. The van der Waals surface area contributed by atoms with Crippen molar-refractivity contribution in [1.29, 1.82) is 0 Å². The Hall–Kier alpha value is -0.790. The predicted molar refractivity (Wildman–Crippen MR) is 56.5 cm³/mol. The van der Waals surface area contributed by atoms with E-state index in [0.29, 0.717) is 11.5 Å². The van der Waals surface area contributed by atoms with E-state index in [-0.39, 0.29) is 5.91 Å². The van der Waals surface area contributed by atoms with Crippen LogP contribution in [0.5, 0.6) is 0 Å². The molecule has 0 radical (unpaired) electrons. The van der Waals surface area contributed by atoms with Crippen molar-refractivity contribution in [2.45, 2.75) is 40.0 Å². The molecule has 0 rings (SSSR count). The average Bonchev–Trinajstić information content (AvgIpc) is 2.10. The van der Waals surface area contributed by atoms with E-state index in [2.05, 4.69) is 25.7 Å². The molecule has 0 spiro atoms. The van der Waals surface area contributed by atoms with E-state index in [1.54, 1.807) is 6.92 Å². The third-order valence-electron chi connectivity index (χ3n) is 2.05. The largest absolute Gasteiger partial charge is 0.352 e. The monoisotopic (exact) mass is 183 g/mol. The van der Waals surface area contributed by atoms with Crippen molar-refractivity contribution in [3.05, 3.63) is 12.2 Å². The SMILES string of the molecule is C=C(C)C(=O)NCC(C)CCCC. The number of carbonyl (C=O) groups excluding carboxylic acids is 1. The zero-order valence-electron chi connectivity index (χ0n) is 9.02. The summed E-state index contributed by atoms with van der Waals surface area (Å²) in [6.07, 6.45) is 3.65. The summed E-state index contributed by atoms with van der Waals surface area (Å²) in [7, 11) is 0. The Kier molecular flexibility index (Phi) is 6.29. The summed E-state index contributed by atoms with van der Waals surface area (Å²) in [4.78, 5) is 11.1. The summed E-state index contributed by atoms with van der Waals surface area (Å²) in [5, 5.41) is 2.85. The van der Waals surface area contributed by atoms with Crippen LogP contribution in [0, 0.1) is 5.92 Å². The van der Waals surface area contributed by atoms with Crippen molar-refractivity contribution in [3.8, 4) is 0 Å². The summed E-state index contributed by atoms with van der Waals surface area (Å²) >= 11 is 0. The molecular formula is C11H21NO. The molecule has 0 saturated carbocycles. The van der Waals surface area contributed by atoms with Gasteiger partial charge in [-0.15, -0.1) is 0 Å². The van der Waals surface area contributed by atoms with Crippen LogP contribution < -0.4 is 5.32 Å². The van der Waals surface area contributed by atoms with Crippen LogP contribution in [-0.2, 0) is 4.79 Å². The zero-order chi connectivity index (χ0) is 10.3. The molecule has 13 heavy (non-hydrogen) atoms. The normalized spacial score (nSPS) is 12.2. The van der Waals surface area contributed by atoms with E-state index < -0.39 is 0 Å². The van der Waals surface area contributed by atoms with Gasteiger partial charge in [-0.2, -0.15) is 0 Å². The van der Waals surface area contributed by atoms with Crippen LogP contribution in [0.4, 0.5) is 0 Å². The van der Waals surface area contributed by atoms with Crippen molar-refractivity contribution in [3.63, 3.8) is 0 Å². The Morgan fingerprint density at radius 3 is 2.62 bits per heavy atom. The Balaban J connectivity index is 3.51. The fourth-order valence-electron chi connectivity index (χ4n) is 1.07. The Labute approximate surface area is 81.4 Å². The molecule has 2 nitrogen and oxygen atoms in total. The number of rotatable bonds is 6. The molecule has 0 bridgehead atoms. The molecule has 0 aliphatic carbocycles. The van der Waals surface area contributed by atoms with Gasteiger partial charge in [0, 0.05) is 12.1 Å². The molecule has 1 atom stereocenters. The van der Waals surface area contributed by atoms with E-state index in [4.69, 9.17) is 0 Å². The number of nitrogens with one attached hydrogen (secondary N) is 1. The fraction of sp³-hybridized carbons (Fsp3) is 0.727. The minimum absolute atomic E-state index is 0.0247. The molecule has 1 amide bonds. The highest BCUT2D eigenvalue weighted by molar-refractivity contribution is 5.92. The lowest BCUT2D eigenvalue weighted by molar-refractivity contribution is -0.117. The fourth-order valence-corrected chi connectivity index (χ4v) is 1.07. The van der Waals surface area contributed by atoms with Crippen LogP contribution in [0.2, 0.25) is 0 Å². The van der Waals surface area contributed by atoms with Crippen LogP contribution in [0.3, 0.4) is 0 Å². The molecule has 1 unspecified atom stereocenters. The quantitative estimate of drug-likeness (QED) is 0.630. The Morgan fingerprint density at radius 2 is 2.15 bits per heavy atom. The van der Waals surface area contributed by atoms with E-state index in [1.165, 1.54) is 19.3 Å². The van der Waals surface area contributed by atoms with Crippen molar-refractivity contribution in [1.82, 2.24) is 5.32 Å². The molecule has 0 aromatic rings. The molecule has 0 heterocycles. The van der Waals surface area contributed by atoms with E-state index in [1.807, 2.05) is 0 Å². The first kappa shape index (κ1) is 12.2. The second-order valence-corrected chi connectivity index (χ2v) is 3.74. The molecule has 2 heteroatoms. The van der Waals surface area contributed by atoms with Gasteiger partial charge in [0.25, 0.3) is 0 Å². The Bertz CT molecular complexity index is 175. The first-order chi connectivity index (χ1) is 6.07. The summed E-state index contributed by atoms with van der Waals surface area (Å²) in [6.45, 7) is 10.4. The zero-order valence-corrected chi connectivity index (χ0v) is 9.02. The molecule has 0 aliphatic heterocycles. The van der Waals surface area contributed by atoms with Gasteiger partial charge >= 0.3 is 0 Å². The van der Waals surface area contributed by atoms with Gasteiger partial charge in [0.2, 0.25) is 5.91 Å². The number of hydrogen-bond donors (Lipinski definition) is 1. The lowest BCUT2D eigenvalue weighted by atomic mass is 10.0. The first-order valence-corrected chi connectivity index (χ1v) is 5.01. The van der Waals surface area contributed by atoms with Crippen molar-refractivity contribution in [2.75, 3.05) is 6.54 Å². The second-order valence-electron chi connectivity index (χ2n) is 3.74. The first-order valence-electron chi connectivity index (χ1n) is 5.01. The highest BCUT2D eigenvalue weighted by Gasteiger charge is 2.04. The molecule has 0 aromatic heterocycles. The maximum absolute atomic E-state index is 11.1. The highest BCUT2D eigenvalue weighted by atomic mass is 16.1. The predicted octanol–water partition coefficient (Wildman–Crippen LogP) is 2.51. The van der Waals surface area contributed by atoms with Crippen LogP contribution in [0.15, 0.2) is 12.2 Å². The second kappa shape index (κ2) is 6.70. The van der Waals surface area contributed by atoms with Gasteiger partial charge in [0.05, 0.1) is 0 Å². The standard InChI is InChI=1S/C11H21NO/c1-5-6-7-10(4)8-12-11(13)9(2)3/h10H,2,5-8H2,1,3-4H3,(H,12,13). The minimum atomic E-state index is -0.0247. The van der Waals surface area contributed by atoms with Crippen LogP contribution in [0.1, 0.15) is 40.0 Å². The van der Waals surface area contributed by atoms with Crippen molar-refractivity contribution < 1.29 is 4.79 Å². The molecule has 0 aliphatic rings. The molecule has 0 saturated heterocycles. The number of carbonyl (C=O) groups is 1. The van der Waals surface area contributed by atoms with Crippen LogP contribution in [-0.4, -0.2) is 12.5 Å². The van der Waals surface area contributed by atoms with Gasteiger partial charge in [0.15, 0.2) is 0 Å². The van der Waals surface area contributed by atoms with Gasteiger partial charge in [-0.05, 0) is 19.3 Å². The van der Waals surface area contributed by atoms with Gasteiger partial charge < -0.3 is 5.32 Å². The lowest BCUT2D eigenvalue weighted by Crippen LogP contribution is -2.28. The molecular weight excluding hydrogens is 162 g/mol. The van der Waals surface area contributed by atoms with Gasteiger partial charge in [-0.25, -0.2) is 0 Å². The van der Waals surface area contributed by atoms with Crippen molar-refractivity contribution in [2.24, 2.45) is 5.92 Å².